The van der Waals surface area contributed by atoms with Gasteiger partial charge in [-0.1, -0.05) is 42.1 Å². The molecule has 0 aliphatic carbocycles. The molecule has 1 aromatic carbocycles. The molecule has 0 spiro atoms. The van der Waals surface area contributed by atoms with Gasteiger partial charge in [0.1, 0.15) is 17.7 Å². The second-order valence-corrected chi connectivity index (χ2v) is 12.6. The van der Waals surface area contributed by atoms with Crippen LogP contribution in [0.3, 0.4) is 0 Å². The number of carbonyl (C=O) groups excluding carboxylic acids is 2. The normalized spacial score (nSPS) is 19.8. The number of hydrogen-bond donors (Lipinski definition) is 2. The first-order valence-electron chi connectivity index (χ1n) is 13.7. The van der Waals surface area contributed by atoms with Crippen molar-refractivity contribution in [1.82, 2.24) is 20.0 Å². The topological polar surface area (TPSA) is 115 Å². The lowest BCUT2D eigenvalue weighted by molar-refractivity contribution is -0.148. The number of nitrogens with zero attached hydrogens (tertiary/aromatic N) is 4. The van der Waals surface area contributed by atoms with E-state index in [1.165, 1.54) is 37.1 Å². The molecule has 1 fully saturated rings. The van der Waals surface area contributed by atoms with Crippen molar-refractivity contribution in [2.24, 2.45) is 10.4 Å². The number of rotatable bonds is 13. The molecule has 2 aliphatic heterocycles. The van der Waals surface area contributed by atoms with Crippen LogP contribution in [-0.2, 0) is 19.1 Å². The zero-order valence-electron chi connectivity index (χ0n) is 25.1. The van der Waals surface area contributed by atoms with Crippen molar-refractivity contribution in [2.45, 2.75) is 32.9 Å². The lowest BCUT2D eigenvalue weighted by Crippen LogP contribution is -2.57. The Hall–Kier alpha value is -3.19. The molecule has 2 aliphatic rings. The van der Waals surface area contributed by atoms with Crippen molar-refractivity contribution in [3.8, 4) is 0 Å². The molecule has 1 amide bonds. The van der Waals surface area contributed by atoms with Crippen LogP contribution >= 0.6 is 23.4 Å². The highest BCUT2D eigenvalue weighted by molar-refractivity contribution is 8.06. The van der Waals surface area contributed by atoms with Crippen molar-refractivity contribution in [2.75, 3.05) is 53.4 Å². The van der Waals surface area contributed by atoms with Gasteiger partial charge in [0.15, 0.2) is 0 Å². The molecule has 0 saturated carbocycles. The monoisotopic (exact) mass is 635 g/mol. The van der Waals surface area contributed by atoms with E-state index in [1.54, 1.807) is 18.7 Å². The van der Waals surface area contributed by atoms with E-state index in [4.69, 9.17) is 21.3 Å². The number of thioether (sulfide) groups is 1. The zero-order valence-corrected chi connectivity index (χ0v) is 26.7. The van der Waals surface area contributed by atoms with Crippen LogP contribution in [0.15, 0.2) is 57.4 Å². The largest absolute Gasteiger partial charge is 0.481 e. The highest BCUT2D eigenvalue weighted by Gasteiger charge is 2.36. The third kappa shape index (κ3) is 8.69. The Morgan fingerprint density at radius 3 is 2.70 bits per heavy atom. The summed E-state index contributed by atoms with van der Waals surface area (Å²) < 4.78 is 19.1. The number of piperazine rings is 1. The summed E-state index contributed by atoms with van der Waals surface area (Å²) in [5.41, 5.74) is 0.248. The molecule has 13 heteroatoms. The molecule has 1 aromatic rings. The van der Waals surface area contributed by atoms with E-state index in [0.29, 0.717) is 54.7 Å². The number of carboxylic acid groups (broad SMARTS) is 1. The summed E-state index contributed by atoms with van der Waals surface area (Å²) in [6.07, 6.45) is 2.68. The van der Waals surface area contributed by atoms with E-state index in [2.05, 4.69) is 16.8 Å². The molecular weight excluding hydrogens is 597 g/mol. The highest BCUT2D eigenvalue weighted by Crippen LogP contribution is 2.37. The first-order valence-corrected chi connectivity index (χ1v) is 15.0. The summed E-state index contributed by atoms with van der Waals surface area (Å²) in [7, 11) is 3.12. The number of hydrogen-bond acceptors (Lipinski definition) is 9. The molecule has 10 nitrogen and oxygen atoms in total. The minimum absolute atomic E-state index is 0.120. The predicted molar refractivity (Wildman–Crippen MR) is 167 cm³/mol. The van der Waals surface area contributed by atoms with E-state index < -0.39 is 29.2 Å². The van der Waals surface area contributed by atoms with Gasteiger partial charge in [-0.25, -0.2) is 9.18 Å². The number of benzene rings is 1. The molecular formula is C30H39ClFN5O5S. The molecule has 1 unspecified atom stereocenters. The van der Waals surface area contributed by atoms with Gasteiger partial charge in [0.05, 0.1) is 24.1 Å². The Bertz CT molecular complexity index is 1330. The standard InChI is InChI=1S/C30H39ClFN5O5S/c1-7-12-43-19(2)27-33-24(25(28(39)42-6)26(34-27)22-9-8-20(32)13-23(22)31)16-36-10-11-37(18-38)21(15-36)14-35(5)17-30(3,4)29(40)41/h7-9,12-13,18,21,26H,2,10-11,14-17H2,1,3-6H3,(H,33,34)(H,40,41)/b12-7-/t21?,26-/m0/s1. The fraction of sp³-hybridized carbons (Fsp3) is 0.467. The number of esters is 1. The molecule has 234 valence electrons. The molecule has 43 heavy (non-hydrogen) atoms. The summed E-state index contributed by atoms with van der Waals surface area (Å²) >= 11 is 7.82. The minimum Gasteiger partial charge on any atom is -0.481 e. The molecule has 1 saturated heterocycles. The third-order valence-electron chi connectivity index (χ3n) is 7.30. The van der Waals surface area contributed by atoms with Gasteiger partial charge in [0, 0.05) is 60.5 Å². The Labute approximate surface area is 261 Å². The first-order chi connectivity index (χ1) is 20.3. The van der Waals surface area contributed by atoms with E-state index >= 15 is 0 Å². The van der Waals surface area contributed by atoms with E-state index in [9.17, 15) is 23.9 Å². The third-order valence-corrected chi connectivity index (χ3v) is 8.51. The molecule has 2 heterocycles. The van der Waals surface area contributed by atoms with Gasteiger partial charge < -0.3 is 25.0 Å². The lowest BCUT2D eigenvalue weighted by Gasteiger charge is -2.42. The van der Waals surface area contributed by atoms with Gasteiger partial charge in [0.2, 0.25) is 6.41 Å². The number of likely N-dealkylation sites (N-methyl/N-ethyl adjacent to an activating group) is 1. The molecule has 0 radical (unpaired) electrons. The number of amides is 1. The molecule has 3 rings (SSSR count). The number of allylic oxidation sites excluding steroid dienone is 1. The number of nitrogens with one attached hydrogen (secondary N) is 1. The summed E-state index contributed by atoms with van der Waals surface area (Å²) in [6.45, 7) is 11.8. The Morgan fingerprint density at radius 1 is 1.37 bits per heavy atom. The summed E-state index contributed by atoms with van der Waals surface area (Å²) in [5, 5.41) is 14.8. The van der Waals surface area contributed by atoms with Gasteiger partial charge in [-0.3, -0.25) is 19.5 Å². The van der Waals surface area contributed by atoms with Crippen molar-refractivity contribution < 1.29 is 28.6 Å². The van der Waals surface area contributed by atoms with Gasteiger partial charge >= 0.3 is 11.9 Å². The van der Waals surface area contributed by atoms with Crippen molar-refractivity contribution in [3.05, 3.63) is 68.8 Å². The van der Waals surface area contributed by atoms with Gasteiger partial charge in [0.25, 0.3) is 0 Å². The average molecular weight is 636 g/mol. The van der Waals surface area contributed by atoms with Crippen LogP contribution < -0.4 is 5.32 Å². The van der Waals surface area contributed by atoms with Crippen molar-refractivity contribution >= 4 is 47.5 Å². The number of aliphatic imine (C=N–C) groups is 1. The van der Waals surface area contributed by atoms with Crippen LogP contribution in [0.1, 0.15) is 32.4 Å². The second kappa shape index (κ2) is 15.0. The quantitative estimate of drug-likeness (QED) is 0.246. The summed E-state index contributed by atoms with van der Waals surface area (Å²) in [4.78, 5) is 47.9. The molecule has 0 aromatic heterocycles. The van der Waals surface area contributed by atoms with Gasteiger partial charge in [-0.2, -0.15) is 0 Å². The van der Waals surface area contributed by atoms with Crippen molar-refractivity contribution in [1.29, 1.82) is 0 Å². The number of amidine groups is 1. The Kier molecular flexibility index (Phi) is 12.0. The summed E-state index contributed by atoms with van der Waals surface area (Å²) in [5.74, 6) is -1.58. The van der Waals surface area contributed by atoms with Gasteiger partial charge in [-0.05, 0) is 45.4 Å². The minimum atomic E-state index is -0.957. The van der Waals surface area contributed by atoms with Crippen LogP contribution in [0.25, 0.3) is 0 Å². The average Bonchev–Trinajstić information content (AvgIpc) is 2.95. The van der Waals surface area contributed by atoms with Crippen LogP contribution in [0.2, 0.25) is 5.02 Å². The van der Waals surface area contributed by atoms with Crippen molar-refractivity contribution in [3.63, 3.8) is 0 Å². The smallest absolute Gasteiger partial charge is 0.338 e. The maximum atomic E-state index is 14.0. The molecule has 0 bridgehead atoms. The highest BCUT2D eigenvalue weighted by atomic mass is 35.5. The number of halogens is 2. The molecule has 2 N–H and O–H groups in total. The van der Waals surface area contributed by atoms with Crippen LogP contribution in [0.5, 0.6) is 0 Å². The number of ether oxygens (including phenoxy) is 1. The molecule has 2 atom stereocenters. The number of aliphatic carboxylic acids is 1. The van der Waals surface area contributed by atoms with E-state index in [0.717, 1.165) is 6.41 Å². The zero-order chi connectivity index (χ0) is 31.9. The fourth-order valence-corrected chi connectivity index (χ4v) is 5.92. The van der Waals surface area contributed by atoms with Gasteiger partial charge in [-0.15, -0.1) is 0 Å². The summed E-state index contributed by atoms with van der Waals surface area (Å²) in [6, 6.07) is 2.84. The van der Waals surface area contributed by atoms with Crippen LogP contribution in [0.4, 0.5) is 4.39 Å². The van der Waals surface area contributed by atoms with Crippen LogP contribution in [0, 0.1) is 11.2 Å². The second-order valence-electron chi connectivity index (χ2n) is 11.2. The lowest BCUT2D eigenvalue weighted by atomic mass is 9.93. The number of carboxylic acids is 1. The van der Waals surface area contributed by atoms with E-state index in [-0.39, 0.29) is 23.2 Å². The van der Waals surface area contributed by atoms with Crippen LogP contribution in [-0.4, -0.2) is 103 Å². The maximum Gasteiger partial charge on any atom is 0.338 e. The predicted octanol–water partition coefficient (Wildman–Crippen LogP) is 3.91. The SMILES string of the molecule is C=C(S/C=C\C)C1=N[C@@H](c2ccc(F)cc2Cl)C(C(=O)OC)=C(CN2CCN(C=O)C(CN(C)CC(C)(C)C(=O)O)C2)N1. The van der Waals surface area contributed by atoms with E-state index in [1.807, 2.05) is 30.4 Å². The Morgan fingerprint density at radius 2 is 2.09 bits per heavy atom. The maximum absolute atomic E-state index is 14.0. The number of carbonyl (C=O) groups is 3. The fourth-order valence-electron chi connectivity index (χ4n) is 5.14. The number of methoxy groups -OCH3 is 1. The Balaban J connectivity index is 1.97. The first kappa shape index (κ1) is 34.3.